The third kappa shape index (κ3) is 4.29. The molecule has 1 heterocycles. The highest BCUT2D eigenvalue weighted by atomic mass is 16.6. The van der Waals surface area contributed by atoms with Crippen molar-refractivity contribution in [1.29, 1.82) is 0 Å². The van der Waals surface area contributed by atoms with E-state index in [0.717, 1.165) is 30.6 Å². The molecule has 1 unspecified atom stereocenters. The van der Waals surface area contributed by atoms with Gasteiger partial charge in [-0.25, -0.2) is 4.79 Å². The van der Waals surface area contributed by atoms with Crippen molar-refractivity contribution in [1.82, 2.24) is 4.90 Å². The van der Waals surface area contributed by atoms with Gasteiger partial charge in [0, 0.05) is 12.6 Å². The van der Waals surface area contributed by atoms with Gasteiger partial charge in [-0.1, -0.05) is 67.6 Å². The Labute approximate surface area is 168 Å². The van der Waals surface area contributed by atoms with E-state index >= 15 is 0 Å². The summed E-state index contributed by atoms with van der Waals surface area (Å²) in [4.78, 5) is 15.9. The Bertz CT molecular complexity index is 693. The zero-order valence-electron chi connectivity index (χ0n) is 17.0. The maximum atomic E-state index is 13.4. The summed E-state index contributed by atoms with van der Waals surface area (Å²) >= 11 is 0. The maximum absolute atomic E-state index is 13.4. The Morgan fingerprint density at radius 3 is 2.18 bits per heavy atom. The van der Waals surface area contributed by atoms with Crippen molar-refractivity contribution >= 4 is 5.97 Å². The van der Waals surface area contributed by atoms with Crippen molar-refractivity contribution in [2.75, 3.05) is 26.3 Å². The van der Waals surface area contributed by atoms with Crippen molar-refractivity contribution < 1.29 is 14.3 Å². The van der Waals surface area contributed by atoms with Gasteiger partial charge in [0.05, 0.1) is 6.61 Å². The molecule has 0 saturated carbocycles. The molecule has 1 saturated heterocycles. The van der Waals surface area contributed by atoms with Gasteiger partial charge >= 0.3 is 5.97 Å². The Morgan fingerprint density at radius 2 is 1.64 bits per heavy atom. The Balaban J connectivity index is 1.83. The Kier molecular flexibility index (Phi) is 7.24. The molecule has 28 heavy (non-hydrogen) atoms. The van der Waals surface area contributed by atoms with Crippen LogP contribution < -0.4 is 0 Å². The summed E-state index contributed by atoms with van der Waals surface area (Å²) in [6, 6.07) is 19.8. The van der Waals surface area contributed by atoms with Gasteiger partial charge in [-0.3, -0.25) is 0 Å². The zero-order valence-corrected chi connectivity index (χ0v) is 17.0. The first-order chi connectivity index (χ1) is 13.7. The van der Waals surface area contributed by atoms with Crippen LogP contribution in [0.15, 0.2) is 60.7 Å². The summed E-state index contributed by atoms with van der Waals surface area (Å²) in [6.45, 7) is 7.11. The Hall–Kier alpha value is -2.17. The molecule has 0 N–H and O–H groups in total. The van der Waals surface area contributed by atoms with Gasteiger partial charge in [0.2, 0.25) is 5.60 Å². The maximum Gasteiger partial charge on any atom is 0.347 e. The lowest BCUT2D eigenvalue weighted by Gasteiger charge is -2.32. The predicted molar refractivity (Wildman–Crippen MR) is 111 cm³/mol. The molecular weight excluding hydrogens is 350 g/mol. The number of hydrogen-bond donors (Lipinski definition) is 0. The number of benzene rings is 2. The van der Waals surface area contributed by atoms with Gasteiger partial charge in [-0.05, 0) is 50.4 Å². The molecule has 4 nitrogen and oxygen atoms in total. The van der Waals surface area contributed by atoms with Gasteiger partial charge in [0.25, 0.3) is 0 Å². The van der Waals surface area contributed by atoms with Gasteiger partial charge in [0.1, 0.15) is 0 Å². The molecule has 1 fully saturated rings. The Morgan fingerprint density at radius 1 is 1.04 bits per heavy atom. The lowest BCUT2D eigenvalue weighted by atomic mass is 9.86. The van der Waals surface area contributed by atoms with Crippen molar-refractivity contribution in [2.24, 2.45) is 0 Å². The van der Waals surface area contributed by atoms with Crippen LogP contribution in [0.2, 0.25) is 0 Å². The monoisotopic (exact) mass is 381 g/mol. The number of carbonyl (C=O) groups excluding carboxylic acids is 1. The lowest BCUT2D eigenvalue weighted by molar-refractivity contribution is -0.168. The fourth-order valence-electron chi connectivity index (χ4n) is 4.22. The normalized spacial score (nSPS) is 17.6. The third-order valence-corrected chi connectivity index (χ3v) is 5.60. The molecule has 2 aromatic carbocycles. The van der Waals surface area contributed by atoms with Crippen molar-refractivity contribution in [3.05, 3.63) is 71.8 Å². The van der Waals surface area contributed by atoms with Gasteiger partial charge in [0.15, 0.2) is 0 Å². The molecule has 4 heteroatoms. The number of nitrogens with zero attached hydrogens (tertiary/aromatic N) is 1. The highest BCUT2D eigenvalue weighted by molar-refractivity contribution is 5.85. The topological polar surface area (TPSA) is 38.8 Å². The summed E-state index contributed by atoms with van der Waals surface area (Å²) < 4.78 is 12.0. The second-order valence-corrected chi connectivity index (χ2v) is 7.20. The standard InChI is InChI=1S/C24H31NO3/c1-3-25-18-11-16-22(25)17-19-27-23(26)24(28-4-2,20-12-7-5-8-13-20)21-14-9-6-10-15-21/h5-10,12-15,22H,3-4,11,16-19H2,1-2H3. The molecule has 0 radical (unpaired) electrons. The first-order valence-corrected chi connectivity index (χ1v) is 10.4. The van der Waals surface area contributed by atoms with Gasteiger partial charge < -0.3 is 14.4 Å². The number of hydrogen-bond acceptors (Lipinski definition) is 4. The summed E-state index contributed by atoms with van der Waals surface area (Å²) in [5.74, 6) is -0.340. The molecule has 150 valence electrons. The van der Waals surface area contributed by atoms with E-state index in [1.165, 1.54) is 12.8 Å². The number of esters is 1. The van der Waals surface area contributed by atoms with E-state index in [1.807, 2.05) is 67.6 Å². The minimum Gasteiger partial charge on any atom is -0.463 e. The zero-order chi connectivity index (χ0) is 19.8. The smallest absolute Gasteiger partial charge is 0.347 e. The van der Waals surface area contributed by atoms with Crippen molar-refractivity contribution in [2.45, 2.75) is 44.8 Å². The second-order valence-electron chi connectivity index (χ2n) is 7.20. The molecule has 0 aromatic heterocycles. The van der Waals surface area contributed by atoms with E-state index in [1.54, 1.807) is 0 Å². The SMILES string of the molecule is CCOC(C(=O)OCCC1CCCN1CC)(c1ccccc1)c1ccccc1. The van der Waals surface area contributed by atoms with Crippen LogP contribution in [-0.4, -0.2) is 43.2 Å². The van der Waals surface area contributed by atoms with Gasteiger partial charge in [-0.2, -0.15) is 0 Å². The molecule has 1 atom stereocenters. The van der Waals surface area contributed by atoms with Gasteiger partial charge in [-0.15, -0.1) is 0 Å². The summed E-state index contributed by atoms with van der Waals surface area (Å²) in [5.41, 5.74) is 0.352. The molecule has 1 aliphatic rings. The van der Waals surface area contributed by atoms with E-state index < -0.39 is 5.60 Å². The molecule has 1 aliphatic heterocycles. The summed E-state index contributed by atoms with van der Waals surface area (Å²) in [5, 5.41) is 0. The van der Waals surface area contributed by atoms with Crippen LogP contribution in [0.1, 0.15) is 44.2 Å². The first-order valence-electron chi connectivity index (χ1n) is 10.4. The van der Waals surface area contributed by atoms with Crippen LogP contribution in [0.4, 0.5) is 0 Å². The summed E-state index contributed by atoms with van der Waals surface area (Å²) in [7, 11) is 0. The molecule has 0 aliphatic carbocycles. The predicted octanol–water partition coefficient (Wildman–Crippen LogP) is 4.38. The number of carbonyl (C=O) groups is 1. The molecule has 0 bridgehead atoms. The third-order valence-electron chi connectivity index (χ3n) is 5.60. The largest absolute Gasteiger partial charge is 0.463 e. The van der Waals surface area contributed by atoms with Crippen molar-refractivity contribution in [3.63, 3.8) is 0 Å². The molecule has 3 rings (SSSR count). The van der Waals surface area contributed by atoms with E-state index in [4.69, 9.17) is 9.47 Å². The minimum atomic E-state index is -1.24. The van der Waals surface area contributed by atoms with Crippen LogP contribution in [0.3, 0.4) is 0 Å². The molecule has 0 amide bonds. The van der Waals surface area contributed by atoms with Crippen LogP contribution >= 0.6 is 0 Å². The molecular formula is C24H31NO3. The lowest BCUT2D eigenvalue weighted by Crippen LogP contribution is -2.42. The molecule has 0 spiro atoms. The summed E-state index contributed by atoms with van der Waals surface area (Å²) in [6.07, 6.45) is 3.27. The van der Waals surface area contributed by atoms with Crippen LogP contribution in [0, 0.1) is 0 Å². The average Bonchev–Trinajstić information content (AvgIpc) is 3.20. The molecule has 2 aromatic rings. The van der Waals surface area contributed by atoms with Crippen LogP contribution in [-0.2, 0) is 19.9 Å². The first kappa shape index (κ1) is 20.6. The quantitative estimate of drug-likeness (QED) is 0.604. The number of ether oxygens (including phenoxy) is 2. The fourth-order valence-corrected chi connectivity index (χ4v) is 4.22. The second kappa shape index (κ2) is 9.85. The number of rotatable bonds is 9. The van der Waals surface area contributed by atoms with E-state index in [-0.39, 0.29) is 5.97 Å². The highest BCUT2D eigenvalue weighted by Gasteiger charge is 2.44. The highest BCUT2D eigenvalue weighted by Crippen LogP contribution is 2.35. The van der Waals surface area contributed by atoms with Crippen LogP contribution in [0.5, 0.6) is 0 Å². The fraction of sp³-hybridized carbons (Fsp3) is 0.458. The average molecular weight is 382 g/mol. The van der Waals surface area contributed by atoms with E-state index in [9.17, 15) is 4.79 Å². The minimum absolute atomic E-state index is 0.340. The van der Waals surface area contributed by atoms with Crippen molar-refractivity contribution in [3.8, 4) is 0 Å². The van der Waals surface area contributed by atoms with E-state index in [2.05, 4.69) is 11.8 Å². The van der Waals surface area contributed by atoms with Crippen LogP contribution in [0.25, 0.3) is 0 Å². The number of likely N-dealkylation sites (tertiary alicyclic amines) is 1. The van der Waals surface area contributed by atoms with E-state index in [0.29, 0.717) is 19.3 Å².